The summed E-state index contributed by atoms with van der Waals surface area (Å²) in [6.07, 6.45) is 3.66. The molecule has 1 aliphatic rings. The van der Waals surface area contributed by atoms with Crippen LogP contribution in [0.2, 0.25) is 0 Å². The third-order valence-corrected chi connectivity index (χ3v) is 3.65. The maximum atomic E-state index is 5.91. The van der Waals surface area contributed by atoms with E-state index in [2.05, 4.69) is 15.1 Å². The molecule has 1 saturated heterocycles. The van der Waals surface area contributed by atoms with Gasteiger partial charge in [-0.15, -0.1) is 5.10 Å². The Hall–Kier alpha value is -2.04. The van der Waals surface area contributed by atoms with Crippen LogP contribution < -0.4 is 10.6 Å². The zero-order chi connectivity index (χ0) is 13.2. The van der Waals surface area contributed by atoms with E-state index in [1.54, 1.807) is 0 Å². The third kappa shape index (κ3) is 2.28. The summed E-state index contributed by atoms with van der Waals surface area (Å²) in [6.45, 7) is 3.96. The van der Waals surface area contributed by atoms with E-state index in [0.717, 1.165) is 29.9 Å². The van der Waals surface area contributed by atoms with Gasteiger partial charge in [0.25, 0.3) is 0 Å². The number of hydrogen-bond acceptors (Lipinski definition) is 5. The SMILES string of the molecule is Cc1c(N)cccc1-c1nnc(N2CCCCC2)o1. The fraction of sp³-hybridized carbons (Fsp3) is 0.429. The zero-order valence-corrected chi connectivity index (χ0v) is 11.1. The molecule has 3 rings (SSSR count). The monoisotopic (exact) mass is 258 g/mol. The van der Waals surface area contributed by atoms with Crippen molar-refractivity contribution in [2.75, 3.05) is 23.7 Å². The Morgan fingerprint density at radius 2 is 1.95 bits per heavy atom. The van der Waals surface area contributed by atoms with Crippen LogP contribution in [0.25, 0.3) is 11.5 Å². The number of nitrogens with zero attached hydrogens (tertiary/aromatic N) is 3. The van der Waals surface area contributed by atoms with Crippen LogP contribution >= 0.6 is 0 Å². The minimum atomic E-state index is 0.547. The normalized spacial score (nSPS) is 15.7. The van der Waals surface area contributed by atoms with Crippen LogP contribution in [0.5, 0.6) is 0 Å². The predicted molar refractivity (Wildman–Crippen MR) is 74.9 cm³/mol. The Bertz CT molecular complexity index is 573. The molecule has 5 nitrogen and oxygen atoms in total. The van der Waals surface area contributed by atoms with Crippen molar-refractivity contribution in [1.82, 2.24) is 10.2 Å². The van der Waals surface area contributed by atoms with Crippen LogP contribution in [0.1, 0.15) is 24.8 Å². The Labute approximate surface area is 112 Å². The van der Waals surface area contributed by atoms with Crippen molar-refractivity contribution in [2.24, 2.45) is 0 Å². The molecular formula is C14H18N4O. The molecule has 100 valence electrons. The van der Waals surface area contributed by atoms with Gasteiger partial charge in [0.05, 0.1) is 0 Å². The van der Waals surface area contributed by atoms with Gasteiger partial charge in [0, 0.05) is 24.3 Å². The van der Waals surface area contributed by atoms with E-state index in [9.17, 15) is 0 Å². The van der Waals surface area contributed by atoms with Crippen molar-refractivity contribution >= 4 is 11.7 Å². The summed E-state index contributed by atoms with van der Waals surface area (Å²) in [4.78, 5) is 2.15. The minimum absolute atomic E-state index is 0.547. The van der Waals surface area contributed by atoms with Crippen molar-refractivity contribution in [3.8, 4) is 11.5 Å². The van der Waals surface area contributed by atoms with Gasteiger partial charge in [-0.2, -0.15) is 0 Å². The van der Waals surface area contributed by atoms with Crippen molar-refractivity contribution in [2.45, 2.75) is 26.2 Å². The van der Waals surface area contributed by atoms with Gasteiger partial charge >= 0.3 is 6.01 Å². The summed E-state index contributed by atoms with van der Waals surface area (Å²) >= 11 is 0. The molecule has 0 radical (unpaired) electrons. The highest BCUT2D eigenvalue weighted by Crippen LogP contribution is 2.28. The van der Waals surface area contributed by atoms with E-state index in [-0.39, 0.29) is 0 Å². The summed E-state index contributed by atoms with van der Waals surface area (Å²) in [5.41, 5.74) is 8.55. The largest absolute Gasteiger partial charge is 0.403 e. The second-order valence-electron chi connectivity index (χ2n) is 4.96. The molecule has 1 fully saturated rings. The lowest BCUT2D eigenvalue weighted by atomic mass is 10.1. The molecule has 0 saturated carbocycles. The standard InChI is InChI=1S/C14H18N4O/c1-10-11(6-5-7-12(10)15)13-16-17-14(19-13)18-8-3-2-4-9-18/h5-7H,2-4,8-9,15H2,1H3. The van der Waals surface area contributed by atoms with Gasteiger partial charge < -0.3 is 15.1 Å². The van der Waals surface area contributed by atoms with E-state index in [1.165, 1.54) is 19.3 Å². The van der Waals surface area contributed by atoms with Crippen LogP contribution in [0, 0.1) is 6.92 Å². The maximum absolute atomic E-state index is 5.91. The van der Waals surface area contributed by atoms with Gasteiger partial charge in [0.2, 0.25) is 5.89 Å². The quantitative estimate of drug-likeness (QED) is 0.839. The molecule has 0 spiro atoms. The van der Waals surface area contributed by atoms with Crippen LogP contribution in [-0.4, -0.2) is 23.3 Å². The summed E-state index contributed by atoms with van der Waals surface area (Å²) in [6, 6.07) is 6.36. The topological polar surface area (TPSA) is 68.2 Å². The van der Waals surface area contributed by atoms with Crippen LogP contribution in [0.3, 0.4) is 0 Å². The van der Waals surface area contributed by atoms with Gasteiger partial charge in [-0.3, -0.25) is 0 Å². The Morgan fingerprint density at radius 3 is 2.74 bits per heavy atom. The van der Waals surface area contributed by atoms with Gasteiger partial charge in [-0.05, 0) is 43.9 Å². The summed E-state index contributed by atoms with van der Waals surface area (Å²) < 4.78 is 5.79. The van der Waals surface area contributed by atoms with Crippen LogP contribution in [0.15, 0.2) is 22.6 Å². The number of benzene rings is 1. The average molecular weight is 258 g/mol. The summed E-state index contributed by atoms with van der Waals surface area (Å²) in [5, 5.41) is 8.31. The van der Waals surface area contributed by atoms with Crippen LogP contribution in [-0.2, 0) is 0 Å². The van der Waals surface area contributed by atoms with E-state index < -0.39 is 0 Å². The number of hydrogen-bond donors (Lipinski definition) is 1. The number of piperidine rings is 1. The first-order valence-electron chi connectivity index (χ1n) is 6.69. The third-order valence-electron chi connectivity index (χ3n) is 3.65. The predicted octanol–water partition coefficient (Wildman–Crippen LogP) is 2.62. The molecule has 1 aliphatic heterocycles. The second-order valence-corrected chi connectivity index (χ2v) is 4.96. The van der Waals surface area contributed by atoms with Gasteiger partial charge in [-0.25, -0.2) is 0 Å². The molecule has 0 bridgehead atoms. The fourth-order valence-corrected chi connectivity index (χ4v) is 2.42. The fourth-order valence-electron chi connectivity index (χ4n) is 2.42. The van der Waals surface area contributed by atoms with E-state index in [1.807, 2.05) is 25.1 Å². The molecule has 2 heterocycles. The Kier molecular flexibility index (Phi) is 3.11. The first kappa shape index (κ1) is 12.0. The zero-order valence-electron chi connectivity index (χ0n) is 11.1. The maximum Gasteiger partial charge on any atom is 0.318 e. The van der Waals surface area contributed by atoms with Crippen molar-refractivity contribution in [3.05, 3.63) is 23.8 Å². The van der Waals surface area contributed by atoms with Crippen molar-refractivity contribution in [1.29, 1.82) is 0 Å². The molecule has 2 aromatic rings. The molecular weight excluding hydrogens is 240 g/mol. The molecule has 5 heteroatoms. The molecule has 0 unspecified atom stereocenters. The molecule has 2 N–H and O–H groups in total. The van der Waals surface area contributed by atoms with Crippen molar-refractivity contribution < 1.29 is 4.42 Å². The van der Waals surface area contributed by atoms with E-state index >= 15 is 0 Å². The molecule has 0 amide bonds. The average Bonchev–Trinajstić information content (AvgIpc) is 2.92. The highest BCUT2D eigenvalue weighted by Gasteiger charge is 2.18. The number of anilines is 2. The molecule has 19 heavy (non-hydrogen) atoms. The molecule has 0 aliphatic carbocycles. The second kappa shape index (κ2) is 4.91. The molecule has 1 aromatic heterocycles. The smallest absolute Gasteiger partial charge is 0.318 e. The van der Waals surface area contributed by atoms with E-state index in [0.29, 0.717) is 11.9 Å². The number of nitrogen functional groups attached to an aromatic ring is 1. The Balaban J connectivity index is 1.90. The summed E-state index contributed by atoms with van der Waals surface area (Å²) in [5.74, 6) is 0.547. The van der Waals surface area contributed by atoms with Gasteiger partial charge in [0.1, 0.15) is 0 Å². The lowest BCUT2D eigenvalue weighted by Crippen LogP contribution is -2.29. The van der Waals surface area contributed by atoms with E-state index in [4.69, 9.17) is 10.2 Å². The highest BCUT2D eigenvalue weighted by atomic mass is 16.4. The number of rotatable bonds is 2. The highest BCUT2D eigenvalue weighted by molar-refractivity contribution is 5.66. The minimum Gasteiger partial charge on any atom is -0.403 e. The molecule has 1 aromatic carbocycles. The molecule has 0 atom stereocenters. The lowest BCUT2D eigenvalue weighted by molar-refractivity contribution is 0.497. The Morgan fingerprint density at radius 1 is 1.16 bits per heavy atom. The number of aromatic nitrogens is 2. The van der Waals surface area contributed by atoms with Gasteiger partial charge in [-0.1, -0.05) is 11.2 Å². The first-order chi connectivity index (χ1) is 9.25. The van der Waals surface area contributed by atoms with Crippen molar-refractivity contribution in [3.63, 3.8) is 0 Å². The van der Waals surface area contributed by atoms with Gasteiger partial charge in [0.15, 0.2) is 0 Å². The number of nitrogens with two attached hydrogens (primary N) is 1. The van der Waals surface area contributed by atoms with Crippen LogP contribution in [0.4, 0.5) is 11.7 Å². The first-order valence-corrected chi connectivity index (χ1v) is 6.69. The summed E-state index contributed by atoms with van der Waals surface area (Å²) in [7, 11) is 0. The lowest BCUT2D eigenvalue weighted by Gasteiger charge is -2.24.